The van der Waals surface area contributed by atoms with Gasteiger partial charge in [-0.2, -0.15) is 0 Å². The Bertz CT molecular complexity index is 133. The Labute approximate surface area is 74.1 Å². The van der Waals surface area contributed by atoms with Gasteiger partial charge in [0.2, 0.25) is 8.41 Å². The van der Waals surface area contributed by atoms with Gasteiger partial charge in [0, 0.05) is 6.92 Å². The zero-order valence-electron chi connectivity index (χ0n) is 7.32. The maximum Gasteiger partial charge on any atom is 0.241 e. The molecule has 0 atom stereocenters. The van der Waals surface area contributed by atoms with Crippen LogP contribution < -0.4 is 0 Å². The lowest BCUT2D eigenvalue weighted by atomic mass is 10.5. The van der Waals surface area contributed by atoms with Crippen molar-refractivity contribution in [2.75, 3.05) is 6.61 Å². The predicted molar refractivity (Wildman–Crippen MR) is 52.2 cm³/mol. The van der Waals surface area contributed by atoms with Crippen molar-refractivity contribution in [3.63, 3.8) is 0 Å². The fraction of sp³-hybridized carbons (Fsp3) is 0.857. The molecule has 0 spiro atoms. The lowest BCUT2D eigenvalue weighted by Gasteiger charge is -2.10. The SMILES string of the molecule is CC(=S)OCCC[Si](C)(C)F. The van der Waals surface area contributed by atoms with Gasteiger partial charge < -0.3 is 8.84 Å². The van der Waals surface area contributed by atoms with Crippen molar-refractivity contribution in [2.24, 2.45) is 0 Å². The fourth-order valence-electron chi connectivity index (χ4n) is 0.708. The van der Waals surface area contributed by atoms with E-state index in [2.05, 4.69) is 0 Å². The van der Waals surface area contributed by atoms with E-state index in [0.29, 0.717) is 17.7 Å². The van der Waals surface area contributed by atoms with Crippen molar-refractivity contribution >= 4 is 25.7 Å². The van der Waals surface area contributed by atoms with Gasteiger partial charge in [-0.25, -0.2) is 0 Å². The van der Waals surface area contributed by atoms with Crippen LogP contribution in [0.15, 0.2) is 0 Å². The monoisotopic (exact) mass is 194 g/mol. The number of thiocarbonyl (C=S) groups is 1. The van der Waals surface area contributed by atoms with E-state index in [4.69, 9.17) is 17.0 Å². The molecule has 0 saturated carbocycles. The summed E-state index contributed by atoms with van der Waals surface area (Å²) >= 11 is 4.70. The Morgan fingerprint density at radius 2 is 2.09 bits per heavy atom. The van der Waals surface area contributed by atoms with Gasteiger partial charge in [-0.1, -0.05) is 0 Å². The van der Waals surface area contributed by atoms with Crippen molar-refractivity contribution in [2.45, 2.75) is 32.5 Å². The van der Waals surface area contributed by atoms with Crippen molar-refractivity contribution < 1.29 is 8.84 Å². The van der Waals surface area contributed by atoms with Gasteiger partial charge in [-0.3, -0.25) is 0 Å². The normalized spacial score (nSPS) is 11.3. The quantitative estimate of drug-likeness (QED) is 0.294. The first-order chi connectivity index (χ1) is 4.92. The van der Waals surface area contributed by atoms with Crippen LogP contribution in [0.4, 0.5) is 4.11 Å². The molecule has 0 amide bonds. The molecule has 0 aliphatic rings. The standard InChI is InChI=1S/C7H15FOSSi/c1-7(10)9-5-4-6-11(2,3)8/h4-6H2,1-3H3. The van der Waals surface area contributed by atoms with E-state index in [1.165, 1.54) is 0 Å². The van der Waals surface area contributed by atoms with E-state index in [1.54, 1.807) is 20.0 Å². The average Bonchev–Trinajstić information content (AvgIpc) is 1.78. The summed E-state index contributed by atoms with van der Waals surface area (Å²) in [7, 11) is -2.35. The topological polar surface area (TPSA) is 9.23 Å². The minimum atomic E-state index is -2.35. The first-order valence-corrected chi connectivity index (χ1v) is 7.23. The summed E-state index contributed by atoms with van der Waals surface area (Å²) in [5, 5.41) is 0.545. The van der Waals surface area contributed by atoms with Crippen LogP contribution in [0, 0.1) is 0 Å². The highest BCUT2D eigenvalue weighted by molar-refractivity contribution is 7.80. The molecule has 0 aromatic rings. The summed E-state index contributed by atoms with van der Waals surface area (Å²) in [6, 6.07) is 0.662. The van der Waals surface area contributed by atoms with Crippen LogP contribution in [0.3, 0.4) is 0 Å². The van der Waals surface area contributed by atoms with E-state index < -0.39 is 8.41 Å². The van der Waals surface area contributed by atoms with Gasteiger partial charge in [0.05, 0.1) is 6.61 Å². The summed E-state index contributed by atoms with van der Waals surface area (Å²) in [5.74, 6) is 0. The van der Waals surface area contributed by atoms with Gasteiger partial charge in [-0.15, -0.1) is 0 Å². The van der Waals surface area contributed by atoms with Crippen LogP contribution in [0.2, 0.25) is 19.1 Å². The van der Waals surface area contributed by atoms with Crippen LogP contribution >= 0.6 is 12.2 Å². The summed E-state index contributed by atoms with van der Waals surface area (Å²) in [4.78, 5) is 0. The number of halogens is 1. The summed E-state index contributed by atoms with van der Waals surface area (Å²) < 4.78 is 18.0. The second-order valence-electron chi connectivity index (χ2n) is 3.16. The second-order valence-corrected chi connectivity index (χ2v) is 7.67. The Balaban J connectivity index is 3.22. The van der Waals surface area contributed by atoms with Crippen molar-refractivity contribution in [1.29, 1.82) is 0 Å². The van der Waals surface area contributed by atoms with Gasteiger partial charge in [0.1, 0.15) is 0 Å². The lowest BCUT2D eigenvalue weighted by Crippen LogP contribution is -2.18. The predicted octanol–water partition coefficient (Wildman–Crippen LogP) is 2.92. The molecule has 0 aliphatic heterocycles. The molecule has 0 saturated heterocycles. The Hall–Kier alpha value is 0.0369. The molecule has 0 bridgehead atoms. The van der Waals surface area contributed by atoms with E-state index in [1.807, 2.05) is 0 Å². The van der Waals surface area contributed by atoms with Gasteiger partial charge >= 0.3 is 0 Å². The van der Waals surface area contributed by atoms with Crippen LogP contribution in [-0.4, -0.2) is 20.1 Å². The van der Waals surface area contributed by atoms with E-state index in [-0.39, 0.29) is 0 Å². The van der Waals surface area contributed by atoms with E-state index in [0.717, 1.165) is 6.42 Å². The third-order valence-electron chi connectivity index (χ3n) is 1.22. The molecule has 0 radical (unpaired) electrons. The van der Waals surface area contributed by atoms with Crippen LogP contribution in [0.1, 0.15) is 13.3 Å². The average molecular weight is 194 g/mol. The molecule has 0 fully saturated rings. The molecule has 0 aromatic heterocycles. The van der Waals surface area contributed by atoms with Crippen LogP contribution in [-0.2, 0) is 4.74 Å². The van der Waals surface area contributed by atoms with Gasteiger partial charge in [0.25, 0.3) is 0 Å². The highest BCUT2D eigenvalue weighted by Gasteiger charge is 2.18. The highest BCUT2D eigenvalue weighted by atomic mass is 32.1. The zero-order chi connectivity index (χ0) is 8.91. The molecule has 11 heavy (non-hydrogen) atoms. The molecular formula is C7H15FOSSi. The molecular weight excluding hydrogens is 179 g/mol. The summed E-state index contributed by atoms with van der Waals surface area (Å²) in [6.07, 6.45) is 0.781. The molecule has 66 valence electrons. The minimum Gasteiger partial charge on any atom is -0.487 e. The first kappa shape index (κ1) is 11.0. The van der Waals surface area contributed by atoms with Gasteiger partial charge in [0.15, 0.2) is 5.05 Å². The Morgan fingerprint density at radius 3 is 2.45 bits per heavy atom. The number of rotatable bonds is 4. The maximum absolute atomic E-state index is 13.0. The van der Waals surface area contributed by atoms with Crippen molar-refractivity contribution in [3.05, 3.63) is 0 Å². The van der Waals surface area contributed by atoms with Crippen LogP contribution in [0.5, 0.6) is 0 Å². The van der Waals surface area contributed by atoms with Gasteiger partial charge in [-0.05, 0) is 37.8 Å². The Kier molecular flexibility index (Phi) is 4.84. The third-order valence-corrected chi connectivity index (χ3v) is 2.88. The van der Waals surface area contributed by atoms with E-state index in [9.17, 15) is 4.11 Å². The zero-order valence-corrected chi connectivity index (χ0v) is 9.13. The lowest BCUT2D eigenvalue weighted by molar-refractivity contribution is 0.309. The number of ether oxygens (including phenoxy) is 1. The molecule has 0 aromatic carbocycles. The van der Waals surface area contributed by atoms with E-state index >= 15 is 0 Å². The molecule has 0 heterocycles. The van der Waals surface area contributed by atoms with Crippen molar-refractivity contribution in [3.8, 4) is 0 Å². The summed E-state index contributed by atoms with van der Waals surface area (Å²) in [5.41, 5.74) is 0. The smallest absolute Gasteiger partial charge is 0.241 e. The minimum absolute atomic E-state index is 0.545. The Morgan fingerprint density at radius 1 is 1.55 bits per heavy atom. The molecule has 1 nitrogen and oxygen atoms in total. The second kappa shape index (κ2) is 4.82. The summed E-state index contributed by atoms with van der Waals surface area (Å²) in [6.45, 7) is 5.71. The number of hydrogen-bond donors (Lipinski definition) is 0. The largest absolute Gasteiger partial charge is 0.487 e. The molecule has 0 N–H and O–H groups in total. The molecule has 0 rings (SSSR count). The van der Waals surface area contributed by atoms with Crippen LogP contribution in [0.25, 0.3) is 0 Å². The maximum atomic E-state index is 13.0. The molecule has 0 aliphatic carbocycles. The molecule has 4 heteroatoms. The van der Waals surface area contributed by atoms with Crippen molar-refractivity contribution in [1.82, 2.24) is 0 Å². The third kappa shape index (κ3) is 10.0. The fourth-order valence-corrected chi connectivity index (χ4v) is 1.78. The highest BCUT2D eigenvalue weighted by Crippen LogP contribution is 2.12. The first-order valence-electron chi connectivity index (χ1n) is 3.74. The molecule has 0 unspecified atom stereocenters. The number of hydrogen-bond acceptors (Lipinski definition) is 2.